The molecule has 0 aliphatic carbocycles. The quantitative estimate of drug-likeness (QED) is 0.669. The number of allylic oxidation sites excluding steroid dienone is 1. The Balaban J connectivity index is 1.37. The van der Waals surface area contributed by atoms with Crippen molar-refractivity contribution < 1.29 is 9.50 Å². The molecule has 0 amide bonds. The average molecular weight is 420 g/mol. The summed E-state index contributed by atoms with van der Waals surface area (Å²) in [5.41, 5.74) is 2.26. The number of aromatic hydroxyl groups is 1. The summed E-state index contributed by atoms with van der Waals surface area (Å²) in [4.78, 5) is 8.42. The number of benzene rings is 1. The number of phenols is 1. The van der Waals surface area contributed by atoms with E-state index in [4.69, 9.17) is 0 Å². The largest absolute Gasteiger partial charge is 0.507 e. The van der Waals surface area contributed by atoms with Crippen LogP contribution in [0.2, 0.25) is 0 Å². The number of hydrogen-bond donors (Lipinski definition) is 2. The second kappa shape index (κ2) is 7.53. The second-order valence-electron chi connectivity index (χ2n) is 8.82. The molecular formula is C23H25FN6O. The SMILES string of the molecule is C=C(c1ncc(-c2ccc(-n3ccnc3)cc2O)nn1)[C@@H]1C[C@@]2(C)CCCC(N2)[C@@H]1F. The third-order valence-electron chi connectivity index (χ3n) is 6.57. The zero-order valence-corrected chi connectivity index (χ0v) is 17.4. The topological polar surface area (TPSA) is 88.8 Å². The number of aromatic nitrogens is 5. The molecule has 2 bridgehead atoms. The van der Waals surface area contributed by atoms with Crippen LogP contribution in [0.25, 0.3) is 22.5 Å². The Labute approximate surface area is 180 Å². The summed E-state index contributed by atoms with van der Waals surface area (Å²) in [5, 5.41) is 22.4. The average Bonchev–Trinajstić information content (AvgIpc) is 3.31. The molecule has 5 rings (SSSR count). The second-order valence-corrected chi connectivity index (χ2v) is 8.82. The van der Waals surface area contributed by atoms with Crippen molar-refractivity contribution in [3.05, 3.63) is 55.5 Å². The van der Waals surface area contributed by atoms with Crippen molar-refractivity contribution in [2.75, 3.05) is 0 Å². The summed E-state index contributed by atoms with van der Waals surface area (Å²) >= 11 is 0. The zero-order chi connectivity index (χ0) is 21.6. The molecule has 8 heteroatoms. The third-order valence-corrected chi connectivity index (χ3v) is 6.57. The van der Waals surface area contributed by atoms with E-state index in [1.165, 1.54) is 0 Å². The van der Waals surface area contributed by atoms with E-state index in [-0.39, 0.29) is 23.2 Å². The maximum absolute atomic E-state index is 15.1. The summed E-state index contributed by atoms with van der Waals surface area (Å²) in [6.45, 7) is 6.28. The van der Waals surface area contributed by atoms with Gasteiger partial charge in [-0.05, 0) is 50.3 Å². The van der Waals surface area contributed by atoms with E-state index < -0.39 is 6.17 Å². The van der Waals surface area contributed by atoms with Crippen LogP contribution >= 0.6 is 0 Å². The van der Waals surface area contributed by atoms with Crippen molar-refractivity contribution in [2.24, 2.45) is 5.92 Å². The first-order valence-corrected chi connectivity index (χ1v) is 10.6. The minimum Gasteiger partial charge on any atom is -0.507 e. The summed E-state index contributed by atoms with van der Waals surface area (Å²) in [6, 6.07) is 5.10. The molecule has 2 fully saturated rings. The molecule has 2 aliphatic heterocycles. The number of phenolic OH excluding ortho intramolecular Hbond substituents is 1. The Morgan fingerprint density at radius 1 is 1.35 bits per heavy atom. The molecule has 7 nitrogen and oxygen atoms in total. The highest BCUT2D eigenvalue weighted by Gasteiger charge is 2.47. The lowest BCUT2D eigenvalue weighted by Crippen LogP contribution is -2.62. The molecule has 2 saturated heterocycles. The van der Waals surface area contributed by atoms with Gasteiger partial charge in [0.1, 0.15) is 17.6 Å². The smallest absolute Gasteiger partial charge is 0.177 e. The lowest BCUT2D eigenvalue weighted by atomic mass is 9.69. The van der Waals surface area contributed by atoms with E-state index in [9.17, 15) is 5.11 Å². The van der Waals surface area contributed by atoms with Crippen LogP contribution in [0, 0.1) is 5.92 Å². The third kappa shape index (κ3) is 3.61. The maximum Gasteiger partial charge on any atom is 0.177 e. The molecule has 0 saturated carbocycles. The molecule has 2 aromatic heterocycles. The first-order chi connectivity index (χ1) is 14.9. The van der Waals surface area contributed by atoms with Crippen LogP contribution in [0.5, 0.6) is 5.75 Å². The minimum absolute atomic E-state index is 0.0665. The van der Waals surface area contributed by atoms with E-state index in [0.717, 1.165) is 24.9 Å². The number of halogens is 1. The normalized spacial score (nSPS) is 27.7. The molecule has 1 unspecified atom stereocenters. The monoisotopic (exact) mass is 420 g/mol. The van der Waals surface area contributed by atoms with Gasteiger partial charge in [-0.3, -0.25) is 0 Å². The highest BCUT2D eigenvalue weighted by atomic mass is 19.1. The molecule has 160 valence electrons. The molecule has 3 aromatic rings. The van der Waals surface area contributed by atoms with Crippen LogP contribution in [0.1, 0.15) is 38.4 Å². The van der Waals surface area contributed by atoms with Gasteiger partial charge in [-0.2, -0.15) is 0 Å². The highest BCUT2D eigenvalue weighted by Crippen LogP contribution is 2.43. The molecule has 2 N–H and O–H groups in total. The van der Waals surface area contributed by atoms with Gasteiger partial charge in [-0.1, -0.05) is 6.58 Å². The Hall–Kier alpha value is -3.13. The molecular weight excluding hydrogens is 395 g/mol. The van der Waals surface area contributed by atoms with Crippen molar-refractivity contribution in [3.8, 4) is 22.7 Å². The van der Waals surface area contributed by atoms with E-state index in [2.05, 4.69) is 39.0 Å². The van der Waals surface area contributed by atoms with E-state index in [0.29, 0.717) is 29.1 Å². The fourth-order valence-corrected chi connectivity index (χ4v) is 4.92. The van der Waals surface area contributed by atoms with Gasteiger partial charge in [0.05, 0.1) is 18.2 Å². The molecule has 4 heterocycles. The predicted octanol–water partition coefficient (Wildman–Crippen LogP) is 3.70. The van der Waals surface area contributed by atoms with Crippen LogP contribution in [0.15, 0.2) is 49.7 Å². The number of nitrogens with zero attached hydrogens (tertiary/aromatic N) is 5. The molecule has 31 heavy (non-hydrogen) atoms. The van der Waals surface area contributed by atoms with Crippen molar-refractivity contribution in [2.45, 2.75) is 50.4 Å². The lowest BCUT2D eigenvalue weighted by Gasteiger charge is -2.49. The van der Waals surface area contributed by atoms with Gasteiger partial charge in [0, 0.05) is 41.5 Å². The van der Waals surface area contributed by atoms with Crippen molar-refractivity contribution in [1.82, 2.24) is 30.0 Å². The van der Waals surface area contributed by atoms with Crippen LogP contribution in [0.3, 0.4) is 0 Å². The minimum atomic E-state index is -1.01. The summed E-state index contributed by atoms with van der Waals surface area (Å²) in [6.07, 6.45) is 9.26. The van der Waals surface area contributed by atoms with E-state index in [1.54, 1.807) is 41.6 Å². The lowest BCUT2D eigenvalue weighted by molar-refractivity contribution is 0.0523. The number of fused-ring (bicyclic) bond motifs is 2. The summed E-state index contributed by atoms with van der Waals surface area (Å²) in [5.74, 6) is 0.0957. The number of alkyl halides is 1. The first kappa shape index (κ1) is 19.8. The standard InChI is InChI=1S/C23H25FN6O/c1-14(17-11-23(2)7-3-4-18(27-23)21(17)24)22-26-12-19(28-29-22)16-6-5-15(10-20(16)31)30-9-8-25-13-30/h5-6,8-10,12-13,17-18,21,27,31H,1,3-4,7,11H2,2H3/t17-,18?,21+,23+/m0/s1. The summed E-state index contributed by atoms with van der Waals surface area (Å²) < 4.78 is 16.9. The fourth-order valence-electron chi connectivity index (χ4n) is 4.92. The van der Waals surface area contributed by atoms with Gasteiger partial charge in [-0.25, -0.2) is 14.4 Å². The highest BCUT2D eigenvalue weighted by molar-refractivity contribution is 5.68. The number of hydrogen-bond acceptors (Lipinski definition) is 6. The Morgan fingerprint density at radius 2 is 2.23 bits per heavy atom. The molecule has 0 radical (unpaired) electrons. The van der Waals surface area contributed by atoms with Crippen LogP contribution in [0.4, 0.5) is 4.39 Å². The van der Waals surface area contributed by atoms with Crippen molar-refractivity contribution in [3.63, 3.8) is 0 Å². The maximum atomic E-state index is 15.1. The van der Waals surface area contributed by atoms with Gasteiger partial charge in [0.15, 0.2) is 5.82 Å². The van der Waals surface area contributed by atoms with Crippen molar-refractivity contribution in [1.29, 1.82) is 0 Å². The number of piperidine rings is 2. The number of rotatable bonds is 4. The predicted molar refractivity (Wildman–Crippen MR) is 115 cm³/mol. The van der Waals surface area contributed by atoms with Gasteiger partial charge in [0.2, 0.25) is 0 Å². The van der Waals surface area contributed by atoms with E-state index >= 15 is 4.39 Å². The zero-order valence-electron chi connectivity index (χ0n) is 17.4. The molecule has 0 spiro atoms. The summed E-state index contributed by atoms with van der Waals surface area (Å²) in [7, 11) is 0. The Morgan fingerprint density at radius 3 is 2.94 bits per heavy atom. The van der Waals surface area contributed by atoms with Crippen LogP contribution in [-0.4, -0.2) is 47.6 Å². The molecule has 4 atom stereocenters. The first-order valence-electron chi connectivity index (χ1n) is 10.6. The van der Waals surface area contributed by atoms with Crippen molar-refractivity contribution >= 4 is 5.57 Å². The number of imidazole rings is 1. The van der Waals surface area contributed by atoms with Gasteiger partial charge in [0.25, 0.3) is 0 Å². The van der Waals surface area contributed by atoms with Crippen LogP contribution < -0.4 is 5.32 Å². The Bertz CT molecular complexity index is 1100. The van der Waals surface area contributed by atoms with E-state index in [1.807, 2.05) is 6.07 Å². The molecule has 2 aliphatic rings. The Kier molecular flexibility index (Phi) is 4.81. The van der Waals surface area contributed by atoms with Gasteiger partial charge < -0.3 is 15.0 Å². The number of nitrogens with one attached hydrogen (secondary N) is 1. The van der Waals surface area contributed by atoms with Gasteiger partial charge >= 0.3 is 0 Å². The molecule has 1 aromatic carbocycles. The van der Waals surface area contributed by atoms with Crippen LogP contribution in [-0.2, 0) is 0 Å². The fraction of sp³-hybridized carbons (Fsp3) is 0.391. The van der Waals surface area contributed by atoms with Gasteiger partial charge in [-0.15, -0.1) is 10.2 Å².